The summed E-state index contributed by atoms with van der Waals surface area (Å²) in [6.07, 6.45) is 0. The molecular weight excluding hydrogens is 324 g/mol. The molecule has 0 aliphatic heterocycles. The van der Waals surface area contributed by atoms with Gasteiger partial charge in [-0.3, -0.25) is 0 Å². The number of methoxy groups -OCH3 is 1. The molecule has 0 bridgehead atoms. The van der Waals surface area contributed by atoms with Crippen molar-refractivity contribution in [3.63, 3.8) is 0 Å². The first-order valence-electron chi connectivity index (χ1n) is 6.33. The van der Waals surface area contributed by atoms with Crippen LogP contribution in [0.4, 0.5) is 5.13 Å². The SMILES string of the molecule is COCCNc1nnc(S(=O)(=O)Cc2cccc(C#N)c2)s1. The third kappa shape index (κ3) is 4.24. The van der Waals surface area contributed by atoms with Gasteiger partial charge in [0.25, 0.3) is 0 Å². The van der Waals surface area contributed by atoms with Gasteiger partial charge in [-0.05, 0) is 17.7 Å². The van der Waals surface area contributed by atoms with E-state index >= 15 is 0 Å². The minimum atomic E-state index is -3.58. The molecule has 0 aliphatic rings. The topological polar surface area (TPSA) is 105 Å². The lowest BCUT2D eigenvalue weighted by Gasteiger charge is -2.01. The maximum atomic E-state index is 12.3. The van der Waals surface area contributed by atoms with Crippen molar-refractivity contribution < 1.29 is 13.2 Å². The monoisotopic (exact) mass is 338 g/mol. The quantitative estimate of drug-likeness (QED) is 0.762. The van der Waals surface area contributed by atoms with Crippen LogP contribution in [0.5, 0.6) is 0 Å². The van der Waals surface area contributed by atoms with Crippen LogP contribution in [0.1, 0.15) is 11.1 Å². The van der Waals surface area contributed by atoms with Gasteiger partial charge in [-0.1, -0.05) is 23.5 Å². The molecule has 1 heterocycles. The van der Waals surface area contributed by atoms with E-state index in [0.29, 0.717) is 29.4 Å². The van der Waals surface area contributed by atoms with Crippen molar-refractivity contribution in [1.82, 2.24) is 10.2 Å². The van der Waals surface area contributed by atoms with Gasteiger partial charge in [0, 0.05) is 13.7 Å². The molecule has 0 saturated carbocycles. The van der Waals surface area contributed by atoms with E-state index in [-0.39, 0.29) is 10.1 Å². The van der Waals surface area contributed by atoms with Crippen LogP contribution in [0.25, 0.3) is 0 Å². The van der Waals surface area contributed by atoms with Crippen LogP contribution in [0.2, 0.25) is 0 Å². The number of nitriles is 1. The van der Waals surface area contributed by atoms with Crippen LogP contribution in [-0.4, -0.2) is 38.9 Å². The summed E-state index contributed by atoms with van der Waals surface area (Å²) in [4.78, 5) is 0. The molecule has 0 unspecified atom stereocenters. The van der Waals surface area contributed by atoms with Crippen LogP contribution < -0.4 is 5.32 Å². The zero-order valence-electron chi connectivity index (χ0n) is 11.8. The second kappa shape index (κ2) is 7.31. The van der Waals surface area contributed by atoms with Crippen LogP contribution in [-0.2, 0) is 20.3 Å². The number of hydrogen-bond donors (Lipinski definition) is 1. The van der Waals surface area contributed by atoms with E-state index in [1.807, 2.05) is 6.07 Å². The van der Waals surface area contributed by atoms with Crippen LogP contribution >= 0.6 is 11.3 Å². The number of aromatic nitrogens is 2. The molecule has 1 N–H and O–H groups in total. The number of benzene rings is 1. The lowest BCUT2D eigenvalue weighted by molar-refractivity contribution is 0.211. The number of rotatable bonds is 7. The third-order valence-corrected chi connectivity index (χ3v) is 5.68. The summed E-state index contributed by atoms with van der Waals surface area (Å²) >= 11 is 0.978. The Kier molecular flexibility index (Phi) is 5.43. The van der Waals surface area contributed by atoms with Gasteiger partial charge in [-0.2, -0.15) is 5.26 Å². The average molecular weight is 338 g/mol. The van der Waals surface area contributed by atoms with Crippen LogP contribution in [0, 0.1) is 11.3 Å². The van der Waals surface area contributed by atoms with E-state index in [1.165, 1.54) is 0 Å². The standard InChI is InChI=1S/C13H14N4O3S2/c1-20-6-5-15-12-16-17-13(21-12)22(18,19)9-11-4-2-3-10(7-11)8-14/h2-4,7H,5-6,9H2,1H3,(H,15,16). The Bertz CT molecular complexity index is 781. The lowest BCUT2D eigenvalue weighted by Crippen LogP contribution is -2.06. The van der Waals surface area contributed by atoms with Crippen molar-refractivity contribution in [3.8, 4) is 6.07 Å². The van der Waals surface area contributed by atoms with E-state index in [9.17, 15) is 8.42 Å². The fraction of sp³-hybridized carbons (Fsp3) is 0.308. The zero-order valence-corrected chi connectivity index (χ0v) is 13.4. The fourth-order valence-corrected chi connectivity index (χ4v) is 4.01. The summed E-state index contributed by atoms with van der Waals surface area (Å²) in [6.45, 7) is 1.01. The summed E-state index contributed by atoms with van der Waals surface area (Å²) in [7, 11) is -2.01. The molecule has 0 amide bonds. The highest BCUT2D eigenvalue weighted by atomic mass is 32.2. The molecule has 7 nitrogen and oxygen atoms in total. The van der Waals surface area contributed by atoms with Gasteiger partial charge in [0.05, 0.1) is 24.0 Å². The Balaban J connectivity index is 2.11. The predicted octanol–water partition coefficient (Wildman–Crippen LogP) is 1.44. The largest absolute Gasteiger partial charge is 0.383 e. The first-order valence-corrected chi connectivity index (χ1v) is 8.80. The van der Waals surface area contributed by atoms with Gasteiger partial charge in [0.2, 0.25) is 19.3 Å². The Hall–Kier alpha value is -2.02. The maximum Gasteiger partial charge on any atom is 0.234 e. The van der Waals surface area contributed by atoms with Gasteiger partial charge < -0.3 is 10.1 Å². The number of hydrogen-bond acceptors (Lipinski definition) is 8. The molecule has 116 valence electrons. The second-order valence-corrected chi connectivity index (χ2v) is 7.50. The molecule has 2 aromatic rings. The van der Waals surface area contributed by atoms with Crippen molar-refractivity contribution in [2.24, 2.45) is 0 Å². The van der Waals surface area contributed by atoms with E-state index in [2.05, 4.69) is 15.5 Å². The number of nitrogens with zero attached hydrogens (tertiary/aromatic N) is 3. The summed E-state index contributed by atoms with van der Waals surface area (Å²) in [6, 6.07) is 8.48. The highest BCUT2D eigenvalue weighted by molar-refractivity contribution is 7.92. The number of ether oxygens (including phenoxy) is 1. The lowest BCUT2D eigenvalue weighted by atomic mass is 10.2. The van der Waals surface area contributed by atoms with E-state index in [1.54, 1.807) is 31.4 Å². The van der Waals surface area contributed by atoms with Gasteiger partial charge in [-0.25, -0.2) is 8.42 Å². The predicted molar refractivity (Wildman–Crippen MR) is 82.3 cm³/mol. The summed E-state index contributed by atoms with van der Waals surface area (Å²) in [5.74, 6) is -0.213. The molecule has 2 rings (SSSR count). The summed E-state index contributed by atoms with van der Waals surface area (Å²) < 4.78 is 29.5. The van der Waals surface area contributed by atoms with Gasteiger partial charge in [0.1, 0.15) is 0 Å². The molecule has 9 heteroatoms. The molecule has 22 heavy (non-hydrogen) atoms. The minimum Gasteiger partial charge on any atom is -0.383 e. The van der Waals surface area contributed by atoms with E-state index in [0.717, 1.165) is 11.3 Å². The van der Waals surface area contributed by atoms with E-state index in [4.69, 9.17) is 10.00 Å². The normalized spacial score (nSPS) is 11.1. The fourth-order valence-electron chi connectivity index (χ4n) is 1.68. The molecule has 0 fully saturated rings. The molecule has 1 aromatic heterocycles. The van der Waals surface area contributed by atoms with Gasteiger partial charge >= 0.3 is 0 Å². The highest BCUT2D eigenvalue weighted by Crippen LogP contribution is 2.23. The Morgan fingerprint density at radius 2 is 2.23 bits per heavy atom. The summed E-state index contributed by atoms with van der Waals surface area (Å²) in [5.41, 5.74) is 0.968. The second-order valence-electron chi connectivity index (χ2n) is 4.36. The van der Waals surface area contributed by atoms with E-state index < -0.39 is 9.84 Å². The van der Waals surface area contributed by atoms with Crippen molar-refractivity contribution in [3.05, 3.63) is 35.4 Å². The van der Waals surface area contributed by atoms with Gasteiger partial charge in [0.15, 0.2) is 0 Å². The molecule has 0 atom stereocenters. The zero-order chi connectivity index (χ0) is 16.0. The van der Waals surface area contributed by atoms with Crippen molar-refractivity contribution in [1.29, 1.82) is 5.26 Å². The van der Waals surface area contributed by atoms with Crippen molar-refractivity contribution >= 4 is 26.3 Å². The van der Waals surface area contributed by atoms with Crippen LogP contribution in [0.15, 0.2) is 28.6 Å². The first-order chi connectivity index (χ1) is 10.5. The Morgan fingerprint density at radius 1 is 1.41 bits per heavy atom. The molecule has 1 aromatic carbocycles. The molecule has 0 saturated heterocycles. The molecule has 0 aliphatic carbocycles. The molecule has 0 radical (unpaired) electrons. The average Bonchev–Trinajstić information content (AvgIpc) is 2.97. The highest BCUT2D eigenvalue weighted by Gasteiger charge is 2.21. The third-order valence-electron chi connectivity index (χ3n) is 2.67. The van der Waals surface area contributed by atoms with Gasteiger partial charge in [-0.15, -0.1) is 10.2 Å². The van der Waals surface area contributed by atoms with Crippen molar-refractivity contribution in [2.75, 3.05) is 25.6 Å². The first kappa shape index (κ1) is 16.4. The smallest absolute Gasteiger partial charge is 0.234 e. The number of nitrogens with one attached hydrogen (secondary N) is 1. The Morgan fingerprint density at radius 3 is 2.95 bits per heavy atom. The van der Waals surface area contributed by atoms with Crippen molar-refractivity contribution in [2.45, 2.75) is 10.1 Å². The minimum absolute atomic E-state index is 0.0465. The molecule has 0 spiro atoms. The van der Waals surface area contributed by atoms with Crippen LogP contribution in [0.3, 0.4) is 0 Å². The molecular formula is C13H14N4O3S2. The Labute approximate surface area is 132 Å². The number of sulfone groups is 1. The maximum absolute atomic E-state index is 12.3. The number of anilines is 1. The summed E-state index contributed by atoms with van der Waals surface area (Å²) in [5, 5.41) is 19.7.